The summed E-state index contributed by atoms with van der Waals surface area (Å²) in [6.07, 6.45) is -1.84. The number of nitrogens with one attached hydrogen (secondary N) is 1. The third kappa shape index (κ3) is 4.41. The predicted octanol–water partition coefficient (Wildman–Crippen LogP) is 3.63. The zero-order valence-corrected chi connectivity index (χ0v) is 17.0. The summed E-state index contributed by atoms with van der Waals surface area (Å²) in [6.45, 7) is 0.782. The number of carbonyl (C=O) groups excluding carboxylic acids is 1. The molecule has 7 nitrogen and oxygen atoms in total. The van der Waals surface area contributed by atoms with Gasteiger partial charge in [-0.2, -0.15) is 23.5 Å². The van der Waals surface area contributed by atoms with Crippen molar-refractivity contribution in [2.45, 2.75) is 43.7 Å². The maximum Gasteiger partial charge on any atom is 0.416 e. The molecule has 3 atom stereocenters. The predicted molar refractivity (Wildman–Crippen MR) is 108 cm³/mol. The molecule has 3 unspecified atom stereocenters. The first kappa shape index (κ1) is 22.1. The van der Waals surface area contributed by atoms with Crippen molar-refractivity contribution in [2.75, 3.05) is 18.4 Å². The monoisotopic (exact) mass is 450 g/mol. The fourth-order valence-electron chi connectivity index (χ4n) is 4.39. The van der Waals surface area contributed by atoms with Gasteiger partial charge in [0, 0.05) is 31.0 Å². The normalized spacial score (nSPS) is 24.5. The van der Waals surface area contributed by atoms with Gasteiger partial charge in [-0.1, -0.05) is 0 Å². The molecule has 1 saturated carbocycles. The highest BCUT2D eigenvalue weighted by Gasteiger charge is 2.39. The molecule has 170 valence electrons. The molecule has 0 radical (unpaired) electrons. The number of anilines is 2. The molecule has 11 heteroatoms. The van der Waals surface area contributed by atoms with Crippen LogP contribution in [0.25, 0.3) is 0 Å². The summed E-state index contributed by atoms with van der Waals surface area (Å²) < 4.78 is 53.1. The van der Waals surface area contributed by atoms with Crippen LogP contribution >= 0.6 is 0 Å². The Hall–Kier alpha value is -3.13. The molecule has 1 saturated heterocycles. The summed E-state index contributed by atoms with van der Waals surface area (Å²) in [4.78, 5) is 14.0. The Labute approximate surface area is 181 Å². The third-order valence-electron chi connectivity index (χ3n) is 6.15. The molecule has 1 aromatic heterocycles. The van der Waals surface area contributed by atoms with Crippen molar-refractivity contribution >= 4 is 17.4 Å². The van der Waals surface area contributed by atoms with Gasteiger partial charge >= 0.3 is 6.18 Å². The van der Waals surface area contributed by atoms with Gasteiger partial charge in [-0.3, -0.25) is 14.4 Å². The van der Waals surface area contributed by atoms with Gasteiger partial charge < -0.3 is 11.1 Å². The van der Waals surface area contributed by atoms with Crippen LogP contribution in [0, 0.1) is 17.2 Å². The first-order chi connectivity index (χ1) is 15.2. The number of rotatable bonds is 5. The van der Waals surface area contributed by atoms with E-state index in [1.165, 1.54) is 23.0 Å². The number of amides is 1. The molecular weight excluding hydrogens is 428 g/mol. The lowest BCUT2D eigenvalue weighted by Crippen LogP contribution is -2.55. The molecule has 1 aliphatic heterocycles. The van der Waals surface area contributed by atoms with Crippen molar-refractivity contribution in [2.24, 2.45) is 11.7 Å². The van der Waals surface area contributed by atoms with E-state index in [-0.39, 0.29) is 29.4 Å². The summed E-state index contributed by atoms with van der Waals surface area (Å²) in [7, 11) is 0. The SMILES string of the molecule is N#CC1CC(N2CC(F)C2)CCC1n1cc(C(N)=O)c(Nc2ccc(C(F)(F)F)cc2)n1. The lowest BCUT2D eigenvalue weighted by atomic mass is 9.81. The van der Waals surface area contributed by atoms with Gasteiger partial charge in [0.15, 0.2) is 5.82 Å². The summed E-state index contributed by atoms with van der Waals surface area (Å²) in [5, 5.41) is 16.9. The Morgan fingerprint density at radius 1 is 1.22 bits per heavy atom. The number of nitrogens with zero attached hydrogens (tertiary/aromatic N) is 4. The number of carbonyl (C=O) groups is 1. The summed E-state index contributed by atoms with van der Waals surface area (Å²) in [6, 6.07) is 6.47. The largest absolute Gasteiger partial charge is 0.416 e. The highest BCUT2D eigenvalue weighted by Crippen LogP contribution is 2.38. The van der Waals surface area contributed by atoms with E-state index in [2.05, 4.69) is 16.5 Å². The second-order valence-corrected chi connectivity index (χ2v) is 8.26. The topological polar surface area (TPSA) is 100.0 Å². The van der Waals surface area contributed by atoms with E-state index >= 15 is 0 Å². The van der Waals surface area contributed by atoms with E-state index in [4.69, 9.17) is 5.73 Å². The molecule has 4 rings (SSSR count). The van der Waals surface area contributed by atoms with Crippen LogP contribution in [0.2, 0.25) is 0 Å². The molecule has 32 heavy (non-hydrogen) atoms. The van der Waals surface area contributed by atoms with Gasteiger partial charge in [0.2, 0.25) is 0 Å². The molecular formula is C21H22F4N6O. The first-order valence-corrected chi connectivity index (χ1v) is 10.3. The van der Waals surface area contributed by atoms with E-state index < -0.39 is 23.8 Å². The molecule has 0 bridgehead atoms. The van der Waals surface area contributed by atoms with Crippen molar-refractivity contribution < 1.29 is 22.4 Å². The molecule has 1 aromatic carbocycles. The maximum absolute atomic E-state index is 13.2. The lowest BCUT2D eigenvalue weighted by Gasteiger charge is -2.44. The fourth-order valence-corrected chi connectivity index (χ4v) is 4.39. The standard InChI is InChI=1S/C21H22F4N6O/c22-14-9-30(10-14)16-5-6-18(12(7-16)8-26)31-11-17(19(27)32)20(29-31)28-15-3-1-13(2-4-15)21(23,24)25/h1-4,11-12,14,16,18H,5-7,9-10H2,(H2,27,32)(H,28,29). The van der Waals surface area contributed by atoms with Crippen molar-refractivity contribution in [3.05, 3.63) is 41.6 Å². The number of nitrogens with two attached hydrogens (primary N) is 1. The fraction of sp³-hybridized carbons (Fsp3) is 0.476. The molecule has 0 spiro atoms. The summed E-state index contributed by atoms with van der Waals surface area (Å²) in [5.74, 6) is -1.02. The minimum atomic E-state index is -4.45. The maximum atomic E-state index is 13.2. The Balaban J connectivity index is 1.52. The van der Waals surface area contributed by atoms with Crippen LogP contribution < -0.4 is 11.1 Å². The second kappa shape index (κ2) is 8.43. The highest BCUT2D eigenvalue weighted by molar-refractivity contribution is 5.98. The van der Waals surface area contributed by atoms with Gasteiger partial charge in [-0.15, -0.1) is 0 Å². The summed E-state index contributed by atoms with van der Waals surface area (Å²) >= 11 is 0. The van der Waals surface area contributed by atoms with Crippen LogP contribution in [0.4, 0.5) is 29.1 Å². The Morgan fingerprint density at radius 2 is 1.91 bits per heavy atom. The van der Waals surface area contributed by atoms with Gasteiger partial charge in [0.25, 0.3) is 5.91 Å². The average Bonchev–Trinajstić information content (AvgIpc) is 3.14. The average molecular weight is 450 g/mol. The van der Waals surface area contributed by atoms with Crippen LogP contribution in [0.15, 0.2) is 30.5 Å². The number of halogens is 4. The lowest BCUT2D eigenvalue weighted by molar-refractivity contribution is -0.137. The van der Waals surface area contributed by atoms with Crippen LogP contribution in [0.5, 0.6) is 0 Å². The Kier molecular flexibility index (Phi) is 5.81. The quantitative estimate of drug-likeness (QED) is 0.678. The van der Waals surface area contributed by atoms with Gasteiger partial charge in [-0.25, -0.2) is 4.39 Å². The van der Waals surface area contributed by atoms with Crippen molar-refractivity contribution in [3.63, 3.8) is 0 Å². The Morgan fingerprint density at radius 3 is 2.47 bits per heavy atom. The van der Waals surface area contributed by atoms with Gasteiger partial charge in [0.1, 0.15) is 11.7 Å². The minimum absolute atomic E-state index is 0.0757. The van der Waals surface area contributed by atoms with Crippen LogP contribution in [0.3, 0.4) is 0 Å². The smallest absolute Gasteiger partial charge is 0.365 e. The number of nitriles is 1. The van der Waals surface area contributed by atoms with Crippen LogP contribution in [-0.2, 0) is 6.18 Å². The Bertz CT molecular complexity index is 1020. The molecule has 2 aromatic rings. The molecule has 1 aliphatic carbocycles. The minimum Gasteiger partial charge on any atom is -0.365 e. The van der Waals surface area contributed by atoms with E-state index in [1.807, 2.05) is 4.90 Å². The van der Waals surface area contributed by atoms with Crippen LogP contribution in [-0.4, -0.2) is 45.9 Å². The number of hydrogen-bond acceptors (Lipinski definition) is 5. The zero-order chi connectivity index (χ0) is 23.0. The number of alkyl halides is 4. The van der Waals surface area contributed by atoms with Crippen LogP contribution in [0.1, 0.15) is 41.2 Å². The molecule has 2 heterocycles. The highest BCUT2D eigenvalue weighted by atomic mass is 19.4. The number of hydrogen-bond donors (Lipinski definition) is 2. The zero-order valence-electron chi connectivity index (χ0n) is 17.0. The van der Waals surface area contributed by atoms with E-state index in [1.54, 1.807) is 0 Å². The third-order valence-corrected chi connectivity index (χ3v) is 6.15. The molecule has 2 aliphatic rings. The van der Waals surface area contributed by atoms with E-state index in [0.717, 1.165) is 18.6 Å². The number of benzene rings is 1. The number of likely N-dealkylation sites (tertiary alicyclic amines) is 1. The molecule has 3 N–H and O–H groups in total. The van der Waals surface area contributed by atoms with Gasteiger partial charge in [0.05, 0.1) is 23.6 Å². The summed E-state index contributed by atoms with van der Waals surface area (Å²) in [5.41, 5.74) is 5.06. The molecule has 2 fully saturated rings. The number of aromatic nitrogens is 2. The van der Waals surface area contributed by atoms with Crippen molar-refractivity contribution in [1.29, 1.82) is 5.26 Å². The van der Waals surface area contributed by atoms with E-state index in [0.29, 0.717) is 31.6 Å². The van der Waals surface area contributed by atoms with Crippen molar-refractivity contribution in [3.8, 4) is 6.07 Å². The van der Waals surface area contributed by atoms with E-state index in [9.17, 15) is 27.6 Å². The second-order valence-electron chi connectivity index (χ2n) is 8.26. The first-order valence-electron chi connectivity index (χ1n) is 10.3. The van der Waals surface area contributed by atoms with Crippen molar-refractivity contribution in [1.82, 2.24) is 14.7 Å². The van der Waals surface area contributed by atoms with Gasteiger partial charge in [-0.05, 0) is 43.5 Å². The molecule has 1 amide bonds. The number of primary amides is 1.